The molecule has 0 unspecified atom stereocenters. The van der Waals surface area contributed by atoms with Gasteiger partial charge in [0, 0.05) is 31.9 Å². The summed E-state index contributed by atoms with van der Waals surface area (Å²) in [6.07, 6.45) is 1.57. The van der Waals surface area contributed by atoms with E-state index in [0.29, 0.717) is 13.1 Å². The van der Waals surface area contributed by atoms with E-state index in [-0.39, 0.29) is 31.0 Å². The van der Waals surface area contributed by atoms with Crippen LogP contribution in [-0.4, -0.2) is 56.1 Å². The molecule has 2 N–H and O–H groups in total. The van der Waals surface area contributed by atoms with E-state index in [1.807, 2.05) is 30.3 Å². The van der Waals surface area contributed by atoms with Gasteiger partial charge in [-0.3, -0.25) is 9.59 Å². The summed E-state index contributed by atoms with van der Waals surface area (Å²) in [5, 5.41) is 6.09. The molecule has 0 aliphatic carbocycles. The average Bonchev–Trinajstić information content (AvgIpc) is 2.55. The number of carbonyl (C=O) groups excluding carboxylic acids is 2. The lowest BCUT2D eigenvalue weighted by Gasteiger charge is -2.32. The summed E-state index contributed by atoms with van der Waals surface area (Å²) in [6.45, 7) is 1.71. The van der Waals surface area contributed by atoms with Gasteiger partial charge in [0.15, 0.2) is 0 Å². The summed E-state index contributed by atoms with van der Waals surface area (Å²) in [5.41, 5.74) is 0.928. The maximum absolute atomic E-state index is 11.9. The van der Waals surface area contributed by atoms with Crippen LogP contribution >= 0.6 is 0 Å². The van der Waals surface area contributed by atoms with Gasteiger partial charge in [-0.2, -0.15) is 0 Å². The lowest BCUT2D eigenvalue weighted by molar-refractivity contribution is -0.136. The Labute approximate surface area is 130 Å². The number of nitrogens with zero attached hydrogens (tertiary/aromatic N) is 1. The second-order valence-electron chi connectivity index (χ2n) is 5.38. The molecule has 6 heteroatoms. The third kappa shape index (κ3) is 5.04. The van der Waals surface area contributed by atoms with Crippen molar-refractivity contribution in [3.8, 4) is 0 Å². The van der Waals surface area contributed by atoms with Crippen molar-refractivity contribution >= 4 is 17.5 Å². The minimum atomic E-state index is -0.0227. The van der Waals surface area contributed by atoms with Gasteiger partial charge < -0.3 is 20.3 Å². The molecule has 1 aliphatic rings. The molecule has 120 valence electrons. The van der Waals surface area contributed by atoms with Crippen molar-refractivity contribution in [2.75, 3.05) is 38.7 Å². The normalized spacial score (nSPS) is 15.4. The van der Waals surface area contributed by atoms with Crippen LogP contribution in [0.4, 0.5) is 5.69 Å². The molecule has 0 aromatic heterocycles. The summed E-state index contributed by atoms with van der Waals surface area (Å²) in [5.74, 6) is -0.0106. The van der Waals surface area contributed by atoms with Gasteiger partial charge in [0.05, 0.1) is 6.54 Å². The Hall–Kier alpha value is -2.08. The lowest BCUT2D eigenvalue weighted by atomic mass is 10.0. The second-order valence-corrected chi connectivity index (χ2v) is 5.38. The Bertz CT molecular complexity index is 485. The average molecular weight is 305 g/mol. The molecule has 1 fully saturated rings. The Morgan fingerprint density at radius 3 is 2.55 bits per heavy atom. The quantitative estimate of drug-likeness (QED) is 0.817. The zero-order chi connectivity index (χ0) is 15.8. The standard InChI is InChI=1S/C16H23N3O3/c1-22-12-16(21)19-9-7-14(8-10-19)18-15(20)11-17-13-5-3-2-4-6-13/h2-6,14,17H,7-12H2,1H3,(H,18,20). The number of ether oxygens (including phenoxy) is 1. The molecule has 6 nitrogen and oxygen atoms in total. The molecule has 2 rings (SSSR count). The fraction of sp³-hybridized carbons (Fsp3) is 0.500. The van der Waals surface area contributed by atoms with E-state index in [0.717, 1.165) is 18.5 Å². The fourth-order valence-corrected chi connectivity index (χ4v) is 2.51. The number of anilines is 1. The highest BCUT2D eigenvalue weighted by Crippen LogP contribution is 2.11. The minimum absolute atomic E-state index is 0.0121. The van der Waals surface area contributed by atoms with Gasteiger partial charge >= 0.3 is 0 Å². The summed E-state index contributed by atoms with van der Waals surface area (Å²) in [4.78, 5) is 25.4. The van der Waals surface area contributed by atoms with Crippen LogP contribution in [0.2, 0.25) is 0 Å². The highest BCUT2D eigenvalue weighted by Gasteiger charge is 2.23. The third-order valence-corrected chi connectivity index (χ3v) is 3.71. The third-order valence-electron chi connectivity index (χ3n) is 3.71. The SMILES string of the molecule is COCC(=O)N1CCC(NC(=O)CNc2ccccc2)CC1. The molecule has 0 bridgehead atoms. The number of rotatable bonds is 6. The van der Waals surface area contributed by atoms with Crippen LogP contribution in [0.25, 0.3) is 0 Å². The molecule has 2 amide bonds. The first-order valence-corrected chi connectivity index (χ1v) is 7.54. The Balaban J connectivity index is 1.67. The first-order valence-electron chi connectivity index (χ1n) is 7.54. The highest BCUT2D eigenvalue weighted by molar-refractivity contribution is 5.81. The summed E-state index contributed by atoms with van der Waals surface area (Å²) in [7, 11) is 1.52. The van der Waals surface area contributed by atoms with Crippen molar-refractivity contribution in [2.45, 2.75) is 18.9 Å². The molecular formula is C16H23N3O3. The van der Waals surface area contributed by atoms with Crippen LogP contribution < -0.4 is 10.6 Å². The van der Waals surface area contributed by atoms with Crippen molar-refractivity contribution in [2.24, 2.45) is 0 Å². The number of para-hydroxylation sites is 1. The molecule has 22 heavy (non-hydrogen) atoms. The Morgan fingerprint density at radius 1 is 1.23 bits per heavy atom. The Kier molecular flexibility index (Phi) is 6.21. The predicted octanol–water partition coefficient (Wildman–Crippen LogP) is 0.852. The van der Waals surface area contributed by atoms with Gasteiger partial charge in [-0.15, -0.1) is 0 Å². The molecule has 1 aliphatic heterocycles. The number of methoxy groups -OCH3 is 1. The molecular weight excluding hydrogens is 282 g/mol. The van der Waals surface area contributed by atoms with Crippen LogP contribution in [0.5, 0.6) is 0 Å². The largest absolute Gasteiger partial charge is 0.376 e. The van der Waals surface area contributed by atoms with Crippen molar-refractivity contribution in [3.63, 3.8) is 0 Å². The van der Waals surface area contributed by atoms with E-state index < -0.39 is 0 Å². The zero-order valence-corrected chi connectivity index (χ0v) is 12.9. The van der Waals surface area contributed by atoms with Crippen LogP contribution in [0.1, 0.15) is 12.8 Å². The number of amides is 2. The van der Waals surface area contributed by atoms with E-state index in [9.17, 15) is 9.59 Å². The van der Waals surface area contributed by atoms with Gasteiger partial charge in [0.2, 0.25) is 11.8 Å². The monoisotopic (exact) mass is 305 g/mol. The second kappa shape index (κ2) is 8.38. The summed E-state index contributed by atoms with van der Waals surface area (Å²) < 4.78 is 4.85. The molecule has 0 spiro atoms. The maximum Gasteiger partial charge on any atom is 0.248 e. The van der Waals surface area contributed by atoms with E-state index in [1.165, 1.54) is 7.11 Å². The van der Waals surface area contributed by atoms with Gasteiger partial charge in [-0.1, -0.05) is 18.2 Å². The molecule has 0 radical (unpaired) electrons. The highest BCUT2D eigenvalue weighted by atomic mass is 16.5. The van der Waals surface area contributed by atoms with Crippen LogP contribution in [-0.2, 0) is 14.3 Å². The van der Waals surface area contributed by atoms with Crippen molar-refractivity contribution in [1.29, 1.82) is 0 Å². The van der Waals surface area contributed by atoms with Crippen molar-refractivity contribution in [1.82, 2.24) is 10.2 Å². The molecule has 0 atom stereocenters. The van der Waals surface area contributed by atoms with Crippen LogP contribution in [0.15, 0.2) is 30.3 Å². The van der Waals surface area contributed by atoms with E-state index in [2.05, 4.69) is 10.6 Å². The Morgan fingerprint density at radius 2 is 1.91 bits per heavy atom. The minimum Gasteiger partial charge on any atom is -0.376 e. The zero-order valence-electron chi connectivity index (χ0n) is 12.9. The predicted molar refractivity (Wildman–Crippen MR) is 84.6 cm³/mol. The van der Waals surface area contributed by atoms with Crippen molar-refractivity contribution < 1.29 is 14.3 Å². The first-order chi connectivity index (χ1) is 10.7. The lowest BCUT2D eigenvalue weighted by Crippen LogP contribution is -2.48. The molecule has 0 saturated carbocycles. The number of hydrogen-bond donors (Lipinski definition) is 2. The molecule has 1 heterocycles. The smallest absolute Gasteiger partial charge is 0.248 e. The van der Waals surface area contributed by atoms with Crippen molar-refractivity contribution in [3.05, 3.63) is 30.3 Å². The van der Waals surface area contributed by atoms with Gasteiger partial charge in [-0.05, 0) is 25.0 Å². The molecule has 1 saturated heterocycles. The summed E-state index contributed by atoms with van der Waals surface area (Å²) in [6, 6.07) is 9.77. The van der Waals surface area contributed by atoms with E-state index in [4.69, 9.17) is 4.74 Å². The fourth-order valence-electron chi connectivity index (χ4n) is 2.51. The van der Waals surface area contributed by atoms with Gasteiger partial charge in [0.25, 0.3) is 0 Å². The number of benzene rings is 1. The van der Waals surface area contributed by atoms with Gasteiger partial charge in [-0.25, -0.2) is 0 Å². The number of hydrogen-bond acceptors (Lipinski definition) is 4. The first kappa shape index (κ1) is 16.3. The maximum atomic E-state index is 11.9. The van der Waals surface area contributed by atoms with E-state index >= 15 is 0 Å². The number of nitrogens with one attached hydrogen (secondary N) is 2. The van der Waals surface area contributed by atoms with E-state index in [1.54, 1.807) is 4.90 Å². The molecule has 1 aromatic carbocycles. The van der Waals surface area contributed by atoms with Crippen LogP contribution in [0, 0.1) is 0 Å². The summed E-state index contributed by atoms with van der Waals surface area (Å²) >= 11 is 0. The topological polar surface area (TPSA) is 70.7 Å². The number of likely N-dealkylation sites (tertiary alicyclic amines) is 1. The number of piperidine rings is 1. The number of carbonyl (C=O) groups is 2. The van der Waals surface area contributed by atoms with Crippen LogP contribution in [0.3, 0.4) is 0 Å². The molecule has 1 aromatic rings. The van der Waals surface area contributed by atoms with Gasteiger partial charge in [0.1, 0.15) is 6.61 Å².